The Morgan fingerprint density at radius 3 is 2.63 bits per heavy atom. The summed E-state index contributed by atoms with van der Waals surface area (Å²) in [6, 6.07) is 5.13. The van der Waals surface area contributed by atoms with Crippen molar-refractivity contribution in [2.24, 2.45) is 11.7 Å². The minimum Gasteiger partial charge on any atom is -0.494 e. The molecule has 0 aliphatic heterocycles. The number of benzene rings is 1. The molecule has 0 radical (unpaired) electrons. The Morgan fingerprint density at radius 2 is 2.11 bits per heavy atom. The van der Waals surface area contributed by atoms with Gasteiger partial charge in [0, 0.05) is 5.69 Å². The molecule has 0 unspecified atom stereocenters. The monoisotopic (exact) mass is 264 g/mol. The second-order valence-electron chi connectivity index (χ2n) is 4.81. The van der Waals surface area contributed by atoms with Gasteiger partial charge < -0.3 is 15.8 Å². The third kappa shape index (κ3) is 4.24. The van der Waals surface area contributed by atoms with Crippen LogP contribution in [0.1, 0.15) is 32.8 Å². The molecule has 4 heteroatoms. The summed E-state index contributed by atoms with van der Waals surface area (Å²) in [5.74, 6) is 0.842. The van der Waals surface area contributed by atoms with Crippen molar-refractivity contribution in [2.75, 3.05) is 11.9 Å². The van der Waals surface area contributed by atoms with E-state index in [1.54, 1.807) is 0 Å². The summed E-state index contributed by atoms with van der Waals surface area (Å²) in [6.45, 7) is 8.52. The van der Waals surface area contributed by atoms with Gasteiger partial charge in [-0.3, -0.25) is 4.79 Å². The van der Waals surface area contributed by atoms with Crippen LogP contribution >= 0.6 is 0 Å². The predicted octanol–water partition coefficient (Wildman–Crippen LogP) is 2.71. The van der Waals surface area contributed by atoms with E-state index in [1.165, 1.54) is 0 Å². The molecule has 1 amide bonds. The molecule has 0 aliphatic carbocycles. The van der Waals surface area contributed by atoms with E-state index in [4.69, 9.17) is 10.5 Å². The van der Waals surface area contributed by atoms with Crippen molar-refractivity contribution in [3.05, 3.63) is 23.8 Å². The first-order chi connectivity index (χ1) is 8.99. The molecular formula is C15H24N2O2. The zero-order valence-electron chi connectivity index (χ0n) is 12.2. The average Bonchev–Trinajstić information content (AvgIpc) is 2.40. The Kier molecular flexibility index (Phi) is 5.83. The van der Waals surface area contributed by atoms with Gasteiger partial charge in [0.05, 0.1) is 12.6 Å². The van der Waals surface area contributed by atoms with Gasteiger partial charge >= 0.3 is 0 Å². The fourth-order valence-corrected chi connectivity index (χ4v) is 1.76. The molecule has 4 nitrogen and oxygen atoms in total. The normalized spacial score (nSPS) is 13.7. The summed E-state index contributed by atoms with van der Waals surface area (Å²) >= 11 is 0. The molecule has 0 saturated carbocycles. The van der Waals surface area contributed by atoms with E-state index < -0.39 is 6.04 Å². The van der Waals surface area contributed by atoms with Crippen molar-refractivity contribution in [3.63, 3.8) is 0 Å². The van der Waals surface area contributed by atoms with Crippen LogP contribution in [0.4, 0.5) is 5.69 Å². The van der Waals surface area contributed by atoms with Gasteiger partial charge in [-0.05, 0) is 43.5 Å². The maximum atomic E-state index is 12.0. The lowest BCUT2D eigenvalue weighted by Gasteiger charge is -2.18. The van der Waals surface area contributed by atoms with Gasteiger partial charge in [-0.1, -0.05) is 20.3 Å². The van der Waals surface area contributed by atoms with E-state index in [0.717, 1.165) is 23.4 Å². The first-order valence-corrected chi connectivity index (χ1v) is 6.79. The third-order valence-corrected chi connectivity index (χ3v) is 3.33. The lowest BCUT2D eigenvalue weighted by molar-refractivity contribution is -0.118. The van der Waals surface area contributed by atoms with E-state index in [2.05, 4.69) is 5.32 Å². The number of aryl methyl sites for hydroxylation is 1. The highest BCUT2D eigenvalue weighted by molar-refractivity contribution is 5.95. The largest absolute Gasteiger partial charge is 0.494 e. The second-order valence-corrected chi connectivity index (χ2v) is 4.81. The minimum atomic E-state index is -0.476. The van der Waals surface area contributed by atoms with E-state index >= 15 is 0 Å². The Labute approximate surface area is 115 Å². The molecule has 1 aromatic carbocycles. The summed E-state index contributed by atoms with van der Waals surface area (Å²) in [7, 11) is 0. The fraction of sp³-hybridized carbons (Fsp3) is 0.533. The highest BCUT2D eigenvalue weighted by Gasteiger charge is 2.19. The average molecular weight is 264 g/mol. The standard InChI is InChI=1S/C15H24N2O2/c1-5-10(3)14(16)15(18)17-13-8-7-12(19-6-2)9-11(13)4/h7-10,14H,5-6,16H2,1-4H3,(H,17,18)/t10-,14-/m0/s1. The maximum Gasteiger partial charge on any atom is 0.241 e. The van der Waals surface area contributed by atoms with Crippen molar-refractivity contribution < 1.29 is 9.53 Å². The Balaban J connectivity index is 2.74. The number of rotatable bonds is 6. The van der Waals surface area contributed by atoms with Crippen LogP contribution in [0.25, 0.3) is 0 Å². The Bertz CT molecular complexity index is 432. The number of amides is 1. The number of ether oxygens (including phenoxy) is 1. The minimum absolute atomic E-state index is 0.137. The summed E-state index contributed by atoms with van der Waals surface area (Å²) in [6.07, 6.45) is 0.886. The van der Waals surface area contributed by atoms with E-state index in [9.17, 15) is 4.79 Å². The van der Waals surface area contributed by atoms with E-state index in [1.807, 2.05) is 45.9 Å². The van der Waals surface area contributed by atoms with Crippen LogP contribution in [0.3, 0.4) is 0 Å². The SMILES string of the molecule is CCOc1ccc(NC(=O)[C@@H](N)[C@@H](C)CC)c(C)c1. The highest BCUT2D eigenvalue weighted by atomic mass is 16.5. The molecule has 106 valence electrons. The topological polar surface area (TPSA) is 64.3 Å². The molecule has 3 N–H and O–H groups in total. The second kappa shape index (κ2) is 7.14. The molecule has 1 aromatic rings. The van der Waals surface area contributed by atoms with Gasteiger partial charge in [0.15, 0.2) is 0 Å². The van der Waals surface area contributed by atoms with Gasteiger partial charge in [0.1, 0.15) is 5.75 Å². The number of hydrogen-bond acceptors (Lipinski definition) is 3. The Morgan fingerprint density at radius 1 is 1.42 bits per heavy atom. The van der Waals surface area contributed by atoms with Gasteiger partial charge in [-0.2, -0.15) is 0 Å². The number of hydrogen-bond donors (Lipinski definition) is 2. The molecule has 1 rings (SSSR count). The van der Waals surface area contributed by atoms with Crippen molar-refractivity contribution in [1.29, 1.82) is 0 Å². The molecule has 0 fully saturated rings. The lowest BCUT2D eigenvalue weighted by Crippen LogP contribution is -2.40. The van der Waals surface area contributed by atoms with Crippen molar-refractivity contribution >= 4 is 11.6 Å². The van der Waals surface area contributed by atoms with E-state index in [0.29, 0.717) is 6.61 Å². The molecule has 2 atom stereocenters. The fourth-order valence-electron chi connectivity index (χ4n) is 1.76. The quantitative estimate of drug-likeness (QED) is 0.830. The lowest BCUT2D eigenvalue weighted by atomic mass is 9.99. The summed E-state index contributed by atoms with van der Waals surface area (Å²) in [5.41, 5.74) is 7.66. The van der Waals surface area contributed by atoms with Crippen LogP contribution in [-0.4, -0.2) is 18.6 Å². The molecular weight excluding hydrogens is 240 g/mol. The molecule has 0 saturated heterocycles. The first-order valence-electron chi connectivity index (χ1n) is 6.79. The van der Waals surface area contributed by atoms with Crippen LogP contribution in [-0.2, 0) is 4.79 Å². The van der Waals surface area contributed by atoms with Crippen LogP contribution < -0.4 is 15.8 Å². The highest BCUT2D eigenvalue weighted by Crippen LogP contribution is 2.22. The van der Waals surface area contributed by atoms with Crippen LogP contribution in [0.5, 0.6) is 5.75 Å². The van der Waals surface area contributed by atoms with Crippen LogP contribution in [0, 0.1) is 12.8 Å². The van der Waals surface area contributed by atoms with Crippen molar-refractivity contribution in [3.8, 4) is 5.75 Å². The van der Waals surface area contributed by atoms with Crippen LogP contribution in [0.2, 0.25) is 0 Å². The maximum absolute atomic E-state index is 12.0. The van der Waals surface area contributed by atoms with Gasteiger partial charge in [0.25, 0.3) is 0 Å². The third-order valence-electron chi connectivity index (χ3n) is 3.33. The van der Waals surface area contributed by atoms with E-state index in [-0.39, 0.29) is 11.8 Å². The molecule has 0 bridgehead atoms. The zero-order chi connectivity index (χ0) is 14.4. The van der Waals surface area contributed by atoms with Crippen molar-refractivity contribution in [1.82, 2.24) is 0 Å². The number of nitrogens with two attached hydrogens (primary N) is 1. The van der Waals surface area contributed by atoms with Crippen molar-refractivity contribution in [2.45, 2.75) is 40.2 Å². The predicted molar refractivity (Wildman–Crippen MR) is 78.4 cm³/mol. The summed E-state index contributed by atoms with van der Waals surface area (Å²) in [4.78, 5) is 12.0. The smallest absolute Gasteiger partial charge is 0.241 e. The first kappa shape index (κ1) is 15.5. The number of nitrogens with one attached hydrogen (secondary N) is 1. The Hall–Kier alpha value is -1.55. The number of carbonyl (C=O) groups is 1. The summed E-state index contributed by atoms with van der Waals surface area (Å²) < 4.78 is 5.41. The van der Waals surface area contributed by atoms with Gasteiger partial charge in [-0.25, -0.2) is 0 Å². The molecule has 0 aliphatic rings. The summed E-state index contributed by atoms with van der Waals surface area (Å²) in [5, 5.41) is 2.88. The van der Waals surface area contributed by atoms with Crippen LogP contribution in [0.15, 0.2) is 18.2 Å². The van der Waals surface area contributed by atoms with Gasteiger partial charge in [-0.15, -0.1) is 0 Å². The number of carbonyl (C=O) groups excluding carboxylic acids is 1. The molecule has 0 heterocycles. The molecule has 19 heavy (non-hydrogen) atoms. The molecule has 0 aromatic heterocycles. The zero-order valence-corrected chi connectivity index (χ0v) is 12.2. The number of anilines is 1. The van der Waals surface area contributed by atoms with Gasteiger partial charge in [0.2, 0.25) is 5.91 Å². The molecule has 0 spiro atoms.